The average molecular weight is 296 g/mol. The summed E-state index contributed by atoms with van der Waals surface area (Å²) >= 11 is 0. The number of hydrogen-bond acceptors (Lipinski definition) is 4. The first kappa shape index (κ1) is 14.5. The number of amides is 1. The van der Waals surface area contributed by atoms with Gasteiger partial charge in [-0.3, -0.25) is 4.79 Å². The number of likely N-dealkylation sites (N-methyl/N-ethyl adjacent to an activating group) is 1. The molecule has 1 aromatic heterocycles. The molecular weight excluding hydrogens is 276 g/mol. The SMILES string of the molecule is CNC(=O)c1ccc(N(C)[C@H]2CCc3ccccc3C2)nn1. The van der Waals surface area contributed by atoms with Crippen molar-refractivity contribution < 1.29 is 4.79 Å². The minimum atomic E-state index is -0.215. The summed E-state index contributed by atoms with van der Waals surface area (Å²) in [5.41, 5.74) is 3.21. The Morgan fingerprint density at radius 2 is 1.95 bits per heavy atom. The van der Waals surface area contributed by atoms with Gasteiger partial charge in [0.15, 0.2) is 11.5 Å². The Morgan fingerprint density at radius 3 is 2.64 bits per heavy atom. The number of aromatic nitrogens is 2. The summed E-state index contributed by atoms with van der Waals surface area (Å²) in [6.07, 6.45) is 3.22. The van der Waals surface area contributed by atoms with Crippen molar-refractivity contribution in [3.8, 4) is 0 Å². The van der Waals surface area contributed by atoms with Crippen LogP contribution >= 0.6 is 0 Å². The molecule has 3 rings (SSSR count). The molecule has 0 aliphatic heterocycles. The second-order valence-corrected chi connectivity index (χ2v) is 5.63. The summed E-state index contributed by atoms with van der Waals surface area (Å²) < 4.78 is 0. The lowest BCUT2D eigenvalue weighted by molar-refractivity contribution is 0.0957. The van der Waals surface area contributed by atoms with Crippen molar-refractivity contribution in [2.75, 3.05) is 19.0 Å². The lowest BCUT2D eigenvalue weighted by atomic mass is 9.88. The number of benzene rings is 1. The van der Waals surface area contributed by atoms with Gasteiger partial charge in [0, 0.05) is 20.1 Å². The van der Waals surface area contributed by atoms with Crippen LogP contribution in [-0.2, 0) is 12.8 Å². The molecule has 0 saturated carbocycles. The van der Waals surface area contributed by atoms with Crippen LogP contribution in [0.3, 0.4) is 0 Å². The maximum Gasteiger partial charge on any atom is 0.271 e. The van der Waals surface area contributed by atoms with Gasteiger partial charge in [-0.1, -0.05) is 24.3 Å². The lowest BCUT2D eigenvalue weighted by Crippen LogP contribution is -2.37. The highest BCUT2D eigenvalue weighted by Gasteiger charge is 2.23. The fourth-order valence-corrected chi connectivity index (χ4v) is 2.96. The van der Waals surface area contributed by atoms with Gasteiger partial charge in [-0.15, -0.1) is 10.2 Å². The third kappa shape index (κ3) is 2.79. The zero-order valence-electron chi connectivity index (χ0n) is 12.9. The van der Waals surface area contributed by atoms with Gasteiger partial charge < -0.3 is 10.2 Å². The van der Waals surface area contributed by atoms with E-state index < -0.39 is 0 Å². The fourth-order valence-electron chi connectivity index (χ4n) is 2.96. The molecule has 1 heterocycles. The van der Waals surface area contributed by atoms with E-state index >= 15 is 0 Å². The minimum absolute atomic E-state index is 0.215. The third-order valence-corrected chi connectivity index (χ3v) is 4.34. The Hall–Kier alpha value is -2.43. The average Bonchev–Trinajstić information content (AvgIpc) is 2.60. The molecular formula is C17H20N4O. The normalized spacial score (nSPS) is 16.7. The molecule has 1 aromatic carbocycles. The highest BCUT2D eigenvalue weighted by molar-refractivity contribution is 5.91. The smallest absolute Gasteiger partial charge is 0.271 e. The van der Waals surface area contributed by atoms with Gasteiger partial charge in [-0.05, 0) is 42.5 Å². The number of hydrogen-bond donors (Lipinski definition) is 1. The van der Waals surface area contributed by atoms with E-state index in [0.717, 1.165) is 25.1 Å². The molecule has 0 spiro atoms. The maximum atomic E-state index is 11.5. The highest BCUT2D eigenvalue weighted by Crippen LogP contribution is 2.25. The molecule has 5 nitrogen and oxygen atoms in total. The topological polar surface area (TPSA) is 58.1 Å². The summed E-state index contributed by atoms with van der Waals surface area (Å²) in [7, 11) is 3.63. The number of aryl methyl sites for hydroxylation is 1. The summed E-state index contributed by atoms with van der Waals surface area (Å²) in [5, 5.41) is 10.7. The number of fused-ring (bicyclic) bond motifs is 1. The van der Waals surface area contributed by atoms with Crippen molar-refractivity contribution in [1.29, 1.82) is 0 Å². The zero-order chi connectivity index (χ0) is 15.5. The Kier molecular flexibility index (Phi) is 4.04. The lowest BCUT2D eigenvalue weighted by Gasteiger charge is -2.33. The molecule has 0 fully saturated rings. The summed E-state index contributed by atoms with van der Waals surface area (Å²) in [5.74, 6) is 0.588. The molecule has 22 heavy (non-hydrogen) atoms. The third-order valence-electron chi connectivity index (χ3n) is 4.34. The molecule has 1 amide bonds. The van der Waals surface area contributed by atoms with Crippen molar-refractivity contribution in [3.63, 3.8) is 0 Å². The molecule has 0 bridgehead atoms. The van der Waals surface area contributed by atoms with E-state index in [0.29, 0.717) is 11.7 Å². The number of carbonyl (C=O) groups is 1. The predicted octanol–water partition coefficient (Wildman–Crippen LogP) is 1.83. The van der Waals surface area contributed by atoms with Crippen molar-refractivity contribution >= 4 is 11.7 Å². The van der Waals surface area contributed by atoms with Crippen molar-refractivity contribution in [3.05, 3.63) is 53.2 Å². The molecule has 1 atom stereocenters. The Labute approximate surface area is 130 Å². The zero-order valence-corrected chi connectivity index (χ0v) is 12.9. The van der Waals surface area contributed by atoms with Crippen LogP contribution in [0.1, 0.15) is 28.0 Å². The van der Waals surface area contributed by atoms with Crippen LogP contribution in [0.2, 0.25) is 0 Å². The van der Waals surface area contributed by atoms with Crippen LogP contribution in [0.15, 0.2) is 36.4 Å². The van der Waals surface area contributed by atoms with E-state index in [1.54, 1.807) is 13.1 Å². The Balaban J connectivity index is 1.74. The van der Waals surface area contributed by atoms with Gasteiger partial charge >= 0.3 is 0 Å². The standard InChI is InChI=1S/C17H20N4O/c1-18-17(22)15-9-10-16(20-19-15)21(2)14-8-7-12-5-3-4-6-13(12)11-14/h3-6,9-10,14H,7-8,11H2,1-2H3,(H,18,22)/t14-/m0/s1. The molecule has 2 aromatic rings. The quantitative estimate of drug-likeness (QED) is 0.939. The van der Waals surface area contributed by atoms with Crippen LogP contribution in [-0.4, -0.2) is 36.2 Å². The molecule has 1 N–H and O–H groups in total. The van der Waals surface area contributed by atoms with Gasteiger partial charge in [-0.2, -0.15) is 0 Å². The van der Waals surface area contributed by atoms with Gasteiger partial charge in [0.05, 0.1) is 0 Å². The van der Waals surface area contributed by atoms with Crippen LogP contribution in [0.25, 0.3) is 0 Å². The van der Waals surface area contributed by atoms with Crippen LogP contribution in [0.4, 0.5) is 5.82 Å². The van der Waals surface area contributed by atoms with Crippen LogP contribution in [0.5, 0.6) is 0 Å². The van der Waals surface area contributed by atoms with Crippen molar-refractivity contribution in [2.45, 2.75) is 25.3 Å². The number of rotatable bonds is 3. The Bertz CT molecular complexity index is 669. The summed E-state index contributed by atoms with van der Waals surface area (Å²) in [4.78, 5) is 13.7. The number of carbonyl (C=O) groups excluding carboxylic acids is 1. The predicted molar refractivity (Wildman–Crippen MR) is 86.1 cm³/mol. The van der Waals surface area contributed by atoms with Crippen LogP contribution < -0.4 is 10.2 Å². The fraction of sp³-hybridized carbons (Fsp3) is 0.353. The second kappa shape index (κ2) is 6.13. The van der Waals surface area contributed by atoms with E-state index in [4.69, 9.17) is 0 Å². The summed E-state index contributed by atoms with van der Waals surface area (Å²) in [6.45, 7) is 0. The van der Waals surface area contributed by atoms with Crippen molar-refractivity contribution in [1.82, 2.24) is 15.5 Å². The van der Waals surface area contributed by atoms with E-state index in [9.17, 15) is 4.79 Å². The van der Waals surface area contributed by atoms with Crippen LogP contribution in [0, 0.1) is 0 Å². The van der Waals surface area contributed by atoms with E-state index in [1.807, 2.05) is 13.1 Å². The summed E-state index contributed by atoms with van der Waals surface area (Å²) in [6, 6.07) is 12.6. The number of anilines is 1. The van der Waals surface area contributed by atoms with Gasteiger partial charge in [0.1, 0.15) is 0 Å². The first-order valence-electron chi connectivity index (χ1n) is 7.54. The largest absolute Gasteiger partial charge is 0.355 e. The number of nitrogens with zero attached hydrogens (tertiary/aromatic N) is 3. The first-order valence-corrected chi connectivity index (χ1v) is 7.54. The number of nitrogens with one attached hydrogen (secondary N) is 1. The Morgan fingerprint density at radius 1 is 1.18 bits per heavy atom. The second-order valence-electron chi connectivity index (χ2n) is 5.63. The first-order chi connectivity index (χ1) is 10.7. The maximum absolute atomic E-state index is 11.5. The molecule has 1 aliphatic rings. The molecule has 0 unspecified atom stereocenters. The monoisotopic (exact) mass is 296 g/mol. The van der Waals surface area contributed by atoms with Crippen molar-refractivity contribution in [2.24, 2.45) is 0 Å². The molecule has 0 radical (unpaired) electrons. The molecule has 1 aliphatic carbocycles. The minimum Gasteiger partial charge on any atom is -0.355 e. The molecule has 0 saturated heterocycles. The van der Waals surface area contributed by atoms with E-state index in [2.05, 4.69) is 44.7 Å². The highest BCUT2D eigenvalue weighted by atomic mass is 16.1. The van der Waals surface area contributed by atoms with E-state index in [-0.39, 0.29) is 5.91 Å². The molecule has 5 heteroatoms. The van der Waals surface area contributed by atoms with E-state index in [1.165, 1.54) is 11.1 Å². The molecule has 114 valence electrons. The van der Waals surface area contributed by atoms with Gasteiger partial charge in [0.25, 0.3) is 5.91 Å². The van der Waals surface area contributed by atoms with Gasteiger partial charge in [0.2, 0.25) is 0 Å². The van der Waals surface area contributed by atoms with Gasteiger partial charge in [-0.25, -0.2) is 0 Å².